The highest BCUT2D eigenvalue weighted by molar-refractivity contribution is 4.75. The number of hydrogen-bond acceptors (Lipinski definition) is 2. The van der Waals surface area contributed by atoms with Gasteiger partial charge in [-0.3, -0.25) is 0 Å². The van der Waals surface area contributed by atoms with Crippen molar-refractivity contribution in [2.24, 2.45) is 29.4 Å². The summed E-state index contributed by atoms with van der Waals surface area (Å²) < 4.78 is 0. The summed E-state index contributed by atoms with van der Waals surface area (Å²) in [6.45, 7) is 10.0. The van der Waals surface area contributed by atoms with Gasteiger partial charge in [-0.25, -0.2) is 0 Å². The minimum absolute atomic E-state index is 0.642. The molecule has 3 N–H and O–H groups in total. The van der Waals surface area contributed by atoms with Gasteiger partial charge >= 0.3 is 0 Å². The lowest BCUT2D eigenvalue weighted by Gasteiger charge is -2.20. The summed E-state index contributed by atoms with van der Waals surface area (Å²) in [6, 6.07) is 0. The highest BCUT2D eigenvalue weighted by Crippen LogP contribution is 2.29. The Balaban J connectivity index is 2.10. The lowest BCUT2D eigenvalue weighted by molar-refractivity contribution is 0.354. The van der Waals surface area contributed by atoms with Crippen molar-refractivity contribution in [3.8, 4) is 0 Å². The molecule has 1 fully saturated rings. The Morgan fingerprint density at radius 2 is 2.07 bits per heavy atom. The maximum absolute atomic E-state index is 5.75. The van der Waals surface area contributed by atoms with Crippen LogP contribution < -0.4 is 11.1 Å². The van der Waals surface area contributed by atoms with E-state index in [4.69, 9.17) is 5.73 Å². The highest BCUT2D eigenvalue weighted by Gasteiger charge is 2.21. The molecule has 0 aromatic rings. The second-order valence-corrected chi connectivity index (χ2v) is 5.68. The maximum atomic E-state index is 5.75. The summed E-state index contributed by atoms with van der Waals surface area (Å²) in [6.07, 6.45) is 4.27. The molecule has 2 heteroatoms. The molecule has 90 valence electrons. The van der Waals surface area contributed by atoms with Crippen molar-refractivity contribution < 1.29 is 0 Å². The molecule has 0 aromatic heterocycles. The molecular formula is C13H28N2. The van der Waals surface area contributed by atoms with Crippen molar-refractivity contribution in [2.75, 3.05) is 19.6 Å². The van der Waals surface area contributed by atoms with E-state index in [1.165, 1.54) is 25.8 Å². The van der Waals surface area contributed by atoms with E-state index < -0.39 is 0 Å². The Labute approximate surface area is 95.0 Å². The minimum Gasteiger partial charge on any atom is -0.330 e. The van der Waals surface area contributed by atoms with E-state index in [9.17, 15) is 0 Å². The molecule has 0 saturated heterocycles. The van der Waals surface area contributed by atoms with E-state index in [1.807, 2.05) is 0 Å². The predicted molar refractivity (Wildman–Crippen MR) is 66.8 cm³/mol. The Hall–Kier alpha value is -0.0800. The van der Waals surface area contributed by atoms with Crippen LogP contribution in [0.4, 0.5) is 0 Å². The van der Waals surface area contributed by atoms with Crippen molar-refractivity contribution in [3.05, 3.63) is 0 Å². The van der Waals surface area contributed by atoms with Gasteiger partial charge in [-0.15, -0.1) is 0 Å². The maximum Gasteiger partial charge on any atom is -0.000589 e. The molecule has 1 saturated carbocycles. The van der Waals surface area contributed by atoms with E-state index >= 15 is 0 Å². The van der Waals surface area contributed by atoms with Crippen LogP contribution in [0.2, 0.25) is 0 Å². The van der Waals surface area contributed by atoms with Crippen LogP contribution in [0.3, 0.4) is 0 Å². The van der Waals surface area contributed by atoms with Gasteiger partial charge in [-0.1, -0.05) is 27.2 Å². The third kappa shape index (κ3) is 4.52. The SMILES string of the molecule is CC1CCC(CNCC(CN)C(C)C)C1. The van der Waals surface area contributed by atoms with E-state index in [0.717, 1.165) is 24.9 Å². The zero-order valence-electron chi connectivity index (χ0n) is 10.6. The largest absolute Gasteiger partial charge is 0.330 e. The molecular weight excluding hydrogens is 184 g/mol. The summed E-state index contributed by atoms with van der Waals surface area (Å²) >= 11 is 0. The molecule has 0 spiro atoms. The Morgan fingerprint density at radius 3 is 2.53 bits per heavy atom. The first-order chi connectivity index (χ1) is 7.13. The standard InChI is InChI=1S/C13H28N2/c1-10(2)13(7-14)9-15-8-12-5-4-11(3)6-12/h10-13,15H,4-9,14H2,1-3H3. The number of nitrogens with two attached hydrogens (primary N) is 1. The molecule has 0 heterocycles. The Morgan fingerprint density at radius 1 is 1.33 bits per heavy atom. The second kappa shape index (κ2) is 6.49. The molecule has 1 aliphatic carbocycles. The molecule has 3 unspecified atom stereocenters. The van der Waals surface area contributed by atoms with Gasteiger partial charge in [0.2, 0.25) is 0 Å². The van der Waals surface area contributed by atoms with E-state index in [0.29, 0.717) is 11.8 Å². The molecule has 1 aliphatic rings. The van der Waals surface area contributed by atoms with Gasteiger partial charge in [0.15, 0.2) is 0 Å². The third-order valence-electron chi connectivity index (χ3n) is 3.89. The highest BCUT2D eigenvalue weighted by atomic mass is 14.9. The van der Waals surface area contributed by atoms with Gasteiger partial charge in [-0.05, 0) is 56.1 Å². The molecule has 2 nitrogen and oxygen atoms in total. The van der Waals surface area contributed by atoms with Crippen LogP contribution in [-0.2, 0) is 0 Å². The van der Waals surface area contributed by atoms with Crippen molar-refractivity contribution in [2.45, 2.75) is 40.0 Å². The van der Waals surface area contributed by atoms with Crippen molar-refractivity contribution in [3.63, 3.8) is 0 Å². The van der Waals surface area contributed by atoms with E-state index in [2.05, 4.69) is 26.1 Å². The smallest absolute Gasteiger partial charge is 0.000589 e. The van der Waals surface area contributed by atoms with E-state index in [-0.39, 0.29) is 0 Å². The molecule has 1 rings (SSSR count). The average Bonchev–Trinajstić information content (AvgIpc) is 2.58. The Bertz CT molecular complexity index is 168. The van der Waals surface area contributed by atoms with Crippen LogP contribution in [0.5, 0.6) is 0 Å². The van der Waals surface area contributed by atoms with Crippen molar-refractivity contribution in [1.29, 1.82) is 0 Å². The zero-order valence-corrected chi connectivity index (χ0v) is 10.6. The first-order valence-corrected chi connectivity index (χ1v) is 6.54. The molecule has 0 aromatic carbocycles. The van der Waals surface area contributed by atoms with Crippen LogP contribution in [0.1, 0.15) is 40.0 Å². The van der Waals surface area contributed by atoms with Gasteiger partial charge in [0.1, 0.15) is 0 Å². The van der Waals surface area contributed by atoms with Crippen LogP contribution in [0, 0.1) is 23.7 Å². The van der Waals surface area contributed by atoms with Crippen molar-refractivity contribution in [1.82, 2.24) is 5.32 Å². The third-order valence-corrected chi connectivity index (χ3v) is 3.89. The molecule has 0 amide bonds. The van der Waals surface area contributed by atoms with Gasteiger partial charge in [0.25, 0.3) is 0 Å². The fourth-order valence-corrected chi connectivity index (χ4v) is 2.57. The van der Waals surface area contributed by atoms with Gasteiger partial charge in [0, 0.05) is 0 Å². The van der Waals surface area contributed by atoms with Gasteiger partial charge in [0.05, 0.1) is 0 Å². The minimum atomic E-state index is 0.642. The average molecular weight is 212 g/mol. The molecule has 0 bridgehead atoms. The first kappa shape index (κ1) is 13.0. The molecule has 0 aliphatic heterocycles. The van der Waals surface area contributed by atoms with Crippen LogP contribution in [-0.4, -0.2) is 19.6 Å². The quantitative estimate of drug-likeness (QED) is 0.708. The van der Waals surface area contributed by atoms with Crippen LogP contribution >= 0.6 is 0 Å². The number of rotatable bonds is 6. The normalized spacial score (nSPS) is 28.6. The van der Waals surface area contributed by atoms with Crippen molar-refractivity contribution >= 4 is 0 Å². The van der Waals surface area contributed by atoms with Crippen LogP contribution in [0.15, 0.2) is 0 Å². The van der Waals surface area contributed by atoms with Gasteiger partial charge < -0.3 is 11.1 Å². The fraction of sp³-hybridized carbons (Fsp3) is 1.00. The first-order valence-electron chi connectivity index (χ1n) is 6.54. The predicted octanol–water partition coefficient (Wildman–Crippen LogP) is 2.24. The summed E-state index contributed by atoms with van der Waals surface area (Å²) in [5, 5.41) is 3.60. The van der Waals surface area contributed by atoms with Gasteiger partial charge in [-0.2, -0.15) is 0 Å². The summed E-state index contributed by atoms with van der Waals surface area (Å²) in [4.78, 5) is 0. The lowest BCUT2D eigenvalue weighted by Crippen LogP contribution is -2.33. The van der Waals surface area contributed by atoms with Crippen LogP contribution in [0.25, 0.3) is 0 Å². The topological polar surface area (TPSA) is 38.0 Å². The monoisotopic (exact) mass is 212 g/mol. The van der Waals surface area contributed by atoms with E-state index in [1.54, 1.807) is 0 Å². The summed E-state index contributed by atoms with van der Waals surface area (Å²) in [5.41, 5.74) is 5.75. The Kier molecular flexibility index (Phi) is 5.62. The number of hydrogen-bond donors (Lipinski definition) is 2. The second-order valence-electron chi connectivity index (χ2n) is 5.68. The molecule has 0 radical (unpaired) electrons. The number of nitrogens with one attached hydrogen (secondary N) is 1. The fourth-order valence-electron chi connectivity index (χ4n) is 2.57. The zero-order chi connectivity index (χ0) is 11.3. The summed E-state index contributed by atoms with van der Waals surface area (Å²) in [5.74, 6) is 3.21. The summed E-state index contributed by atoms with van der Waals surface area (Å²) in [7, 11) is 0. The lowest BCUT2D eigenvalue weighted by atomic mass is 9.96. The molecule has 15 heavy (non-hydrogen) atoms. The molecule has 3 atom stereocenters.